The number of likely N-dealkylation sites (tertiary alicyclic amines) is 1. The predicted molar refractivity (Wildman–Crippen MR) is 76.2 cm³/mol. The Morgan fingerprint density at radius 3 is 2.53 bits per heavy atom. The van der Waals surface area contributed by atoms with Gasteiger partial charge in [-0.25, -0.2) is 0 Å². The maximum absolute atomic E-state index is 12.5. The predicted octanol–water partition coefficient (Wildman–Crippen LogP) is 0.391. The molecule has 2 heterocycles. The van der Waals surface area contributed by atoms with E-state index in [0.717, 1.165) is 38.9 Å². The van der Waals surface area contributed by atoms with E-state index in [1.807, 2.05) is 6.92 Å². The molecular formula is C13H24ClN3O2. The molecular weight excluding hydrogens is 266 g/mol. The molecule has 2 amide bonds. The lowest BCUT2D eigenvalue weighted by molar-refractivity contribution is -0.146. The maximum atomic E-state index is 12.5. The number of piperidine rings is 1. The van der Waals surface area contributed by atoms with Crippen LogP contribution in [0.5, 0.6) is 0 Å². The maximum Gasteiger partial charge on any atom is 0.242 e. The van der Waals surface area contributed by atoms with Crippen molar-refractivity contribution in [2.45, 2.75) is 32.2 Å². The summed E-state index contributed by atoms with van der Waals surface area (Å²) in [5, 5.41) is 5.87. The molecule has 2 aliphatic heterocycles. The summed E-state index contributed by atoms with van der Waals surface area (Å²) in [5.41, 5.74) is 0. The Bertz CT molecular complexity index is 334. The summed E-state index contributed by atoms with van der Waals surface area (Å²) in [4.78, 5) is 26.1. The van der Waals surface area contributed by atoms with Crippen LogP contribution < -0.4 is 10.6 Å². The standard InChI is InChI=1S/C13H23N3O2.ClH/c1-9(10-7-15-8-10)13(18)16-6-4-3-5-11(16)12(17)14-2;/h9-11,15H,3-8H2,1-2H3,(H,14,17);1H. The van der Waals surface area contributed by atoms with E-state index in [9.17, 15) is 9.59 Å². The Hall–Kier alpha value is -0.810. The molecule has 19 heavy (non-hydrogen) atoms. The number of halogens is 1. The number of hydrogen-bond acceptors (Lipinski definition) is 3. The van der Waals surface area contributed by atoms with Crippen LogP contribution in [0.2, 0.25) is 0 Å². The normalized spacial score (nSPS) is 24.9. The first-order valence-electron chi connectivity index (χ1n) is 6.88. The van der Waals surface area contributed by atoms with Crippen LogP contribution in [0.15, 0.2) is 0 Å². The van der Waals surface area contributed by atoms with Gasteiger partial charge < -0.3 is 15.5 Å². The van der Waals surface area contributed by atoms with E-state index in [1.165, 1.54) is 0 Å². The number of amides is 2. The first-order chi connectivity index (χ1) is 8.65. The Morgan fingerprint density at radius 2 is 2.00 bits per heavy atom. The number of carbonyl (C=O) groups is 2. The van der Waals surface area contributed by atoms with Crippen LogP contribution in [0.1, 0.15) is 26.2 Å². The first-order valence-corrected chi connectivity index (χ1v) is 6.88. The van der Waals surface area contributed by atoms with Crippen molar-refractivity contribution in [3.05, 3.63) is 0 Å². The van der Waals surface area contributed by atoms with Crippen molar-refractivity contribution in [1.82, 2.24) is 15.5 Å². The second kappa shape index (κ2) is 7.10. The van der Waals surface area contributed by atoms with Crippen molar-refractivity contribution in [3.8, 4) is 0 Å². The highest BCUT2D eigenvalue weighted by Gasteiger charge is 2.37. The molecule has 0 aromatic carbocycles. The van der Waals surface area contributed by atoms with Gasteiger partial charge in [0.2, 0.25) is 11.8 Å². The molecule has 0 saturated carbocycles. The summed E-state index contributed by atoms with van der Waals surface area (Å²) in [6.07, 6.45) is 2.83. The number of nitrogens with zero attached hydrogens (tertiary/aromatic N) is 1. The molecule has 2 rings (SSSR count). The quantitative estimate of drug-likeness (QED) is 0.790. The van der Waals surface area contributed by atoms with Crippen molar-refractivity contribution in [3.63, 3.8) is 0 Å². The van der Waals surface area contributed by atoms with Gasteiger partial charge in [-0.05, 0) is 38.3 Å². The molecule has 2 unspecified atom stereocenters. The molecule has 2 N–H and O–H groups in total. The Morgan fingerprint density at radius 1 is 1.32 bits per heavy atom. The van der Waals surface area contributed by atoms with Crippen LogP contribution in [0.4, 0.5) is 0 Å². The van der Waals surface area contributed by atoms with Crippen molar-refractivity contribution >= 4 is 24.2 Å². The number of rotatable bonds is 3. The third-order valence-corrected chi connectivity index (χ3v) is 4.24. The number of nitrogens with one attached hydrogen (secondary N) is 2. The van der Waals surface area contributed by atoms with Crippen LogP contribution in [-0.4, -0.2) is 49.4 Å². The average Bonchev–Trinajstić information content (AvgIpc) is 2.34. The van der Waals surface area contributed by atoms with E-state index in [0.29, 0.717) is 5.92 Å². The highest BCUT2D eigenvalue weighted by molar-refractivity contribution is 5.88. The molecule has 0 radical (unpaired) electrons. The minimum Gasteiger partial charge on any atom is -0.357 e. The van der Waals surface area contributed by atoms with Crippen LogP contribution >= 0.6 is 12.4 Å². The summed E-state index contributed by atoms with van der Waals surface area (Å²) < 4.78 is 0. The molecule has 6 heteroatoms. The summed E-state index contributed by atoms with van der Waals surface area (Å²) in [5.74, 6) is 0.582. The van der Waals surface area contributed by atoms with Gasteiger partial charge in [-0.3, -0.25) is 9.59 Å². The Kier molecular flexibility index (Phi) is 6.07. The second-order valence-electron chi connectivity index (χ2n) is 5.36. The monoisotopic (exact) mass is 289 g/mol. The van der Waals surface area contributed by atoms with Crippen molar-refractivity contribution < 1.29 is 9.59 Å². The van der Waals surface area contributed by atoms with Crippen LogP contribution in [-0.2, 0) is 9.59 Å². The highest BCUT2D eigenvalue weighted by Crippen LogP contribution is 2.24. The van der Waals surface area contributed by atoms with Gasteiger partial charge in [0.05, 0.1) is 0 Å². The van der Waals surface area contributed by atoms with E-state index in [4.69, 9.17) is 0 Å². The van der Waals surface area contributed by atoms with Gasteiger partial charge in [-0.2, -0.15) is 0 Å². The zero-order valence-electron chi connectivity index (χ0n) is 11.6. The summed E-state index contributed by atoms with van der Waals surface area (Å²) >= 11 is 0. The van der Waals surface area contributed by atoms with Gasteiger partial charge in [0.25, 0.3) is 0 Å². The fourth-order valence-electron chi connectivity index (χ4n) is 2.76. The third kappa shape index (κ3) is 3.39. The second-order valence-corrected chi connectivity index (χ2v) is 5.36. The number of carbonyl (C=O) groups excluding carboxylic acids is 2. The molecule has 0 bridgehead atoms. The van der Waals surface area contributed by atoms with E-state index in [1.54, 1.807) is 11.9 Å². The van der Waals surface area contributed by atoms with Gasteiger partial charge in [0.15, 0.2) is 0 Å². The van der Waals surface area contributed by atoms with Crippen molar-refractivity contribution in [1.29, 1.82) is 0 Å². The fraction of sp³-hybridized carbons (Fsp3) is 0.846. The van der Waals surface area contributed by atoms with E-state index in [-0.39, 0.29) is 36.2 Å². The Labute approximate surface area is 120 Å². The molecule has 2 fully saturated rings. The van der Waals surface area contributed by atoms with Gasteiger partial charge in [-0.1, -0.05) is 6.92 Å². The Balaban J connectivity index is 0.00000180. The minimum atomic E-state index is -0.258. The molecule has 0 spiro atoms. The average molecular weight is 290 g/mol. The van der Waals surface area contributed by atoms with Crippen molar-refractivity contribution in [2.75, 3.05) is 26.7 Å². The molecule has 5 nitrogen and oxygen atoms in total. The topological polar surface area (TPSA) is 61.4 Å². The van der Waals surface area contributed by atoms with Gasteiger partial charge >= 0.3 is 0 Å². The molecule has 2 atom stereocenters. The number of hydrogen-bond donors (Lipinski definition) is 2. The molecule has 110 valence electrons. The third-order valence-electron chi connectivity index (χ3n) is 4.24. The van der Waals surface area contributed by atoms with E-state index < -0.39 is 0 Å². The smallest absolute Gasteiger partial charge is 0.242 e. The lowest BCUT2D eigenvalue weighted by atomic mass is 9.86. The first kappa shape index (κ1) is 16.2. The molecule has 0 aromatic heterocycles. The molecule has 2 aliphatic rings. The zero-order valence-corrected chi connectivity index (χ0v) is 12.5. The van der Waals surface area contributed by atoms with Crippen LogP contribution in [0.3, 0.4) is 0 Å². The molecule has 2 saturated heterocycles. The van der Waals surface area contributed by atoms with Gasteiger partial charge in [-0.15, -0.1) is 12.4 Å². The number of likely N-dealkylation sites (N-methyl/N-ethyl adjacent to an activating group) is 1. The lowest BCUT2D eigenvalue weighted by Gasteiger charge is -2.39. The lowest BCUT2D eigenvalue weighted by Crippen LogP contribution is -2.56. The summed E-state index contributed by atoms with van der Waals surface area (Å²) in [6, 6.07) is -0.258. The highest BCUT2D eigenvalue weighted by atomic mass is 35.5. The van der Waals surface area contributed by atoms with Gasteiger partial charge in [0.1, 0.15) is 6.04 Å². The van der Waals surface area contributed by atoms with Gasteiger partial charge in [0, 0.05) is 19.5 Å². The van der Waals surface area contributed by atoms with Crippen LogP contribution in [0.25, 0.3) is 0 Å². The summed E-state index contributed by atoms with van der Waals surface area (Å²) in [7, 11) is 1.64. The van der Waals surface area contributed by atoms with E-state index in [2.05, 4.69) is 10.6 Å². The fourth-order valence-corrected chi connectivity index (χ4v) is 2.76. The SMILES string of the molecule is CNC(=O)C1CCCCN1C(=O)C(C)C1CNC1.Cl. The minimum absolute atomic E-state index is 0. The van der Waals surface area contributed by atoms with Crippen molar-refractivity contribution in [2.24, 2.45) is 11.8 Å². The zero-order chi connectivity index (χ0) is 13.1. The van der Waals surface area contributed by atoms with Crippen LogP contribution in [0, 0.1) is 11.8 Å². The molecule has 0 aliphatic carbocycles. The summed E-state index contributed by atoms with van der Waals surface area (Å²) in [6.45, 7) is 4.56. The molecule has 0 aromatic rings. The van der Waals surface area contributed by atoms with E-state index >= 15 is 0 Å². The largest absolute Gasteiger partial charge is 0.357 e.